The smallest absolute Gasteiger partial charge is 0.205 e. The molecule has 2 heterocycles. The van der Waals surface area contributed by atoms with Gasteiger partial charge in [-0.2, -0.15) is 0 Å². The lowest BCUT2D eigenvalue weighted by Crippen LogP contribution is -2.07. The van der Waals surface area contributed by atoms with Crippen LogP contribution in [0, 0.1) is 0 Å². The van der Waals surface area contributed by atoms with Crippen LogP contribution in [0.4, 0.5) is 5.13 Å². The fourth-order valence-corrected chi connectivity index (χ4v) is 3.13. The first-order valence-corrected chi connectivity index (χ1v) is 7.06. The molecule has 0 radical (unpaired) electrons. The van der Waals surface area contributed by atoms with Crippen LogP contribution in [0.5, 0.6) is 0 Å². The molecule has 1 aliphatic rings. The number of rotatable bonds is 4. The SMILES string of the molecule is c1nnc(NCc2cnc(C3CCC3)s2)s1. The summed E-state index contributed by atoms with van der Waals surface area (Å²) in [4.78, 5) is 5.76. The van der Waals surface area contributed by atoms with Crippen molar-refractivity contribution in [2.24, 2.45) is 0 Å². The van der Waals surface area contributed by atoms with Crippen molar-refractivity contribution in [3.63, 3.8) is 0 Å². The van der Waals surface area contributed by atoms with E-state index in [4.69, 9.17) is 0 Å². The van der Waals surface area contributed by atoms with E-state index in [-0.39, 0.29) is 0 Å². The summed E-state index contributed by atoms with van der Waals surface area (Å²) in [5.41, 5.74) is 1.73. The zero-order valence-corrected chi connectivity index (χ0v) is 10.4. The normalized spacial score (nSPS) is 16.0. The molecule has 6 heteroatoms. The molecule has 1 saturated carbocycles. The van der Waals surface area contributed by atoms with Gasteiger partial charge in [0.25, 0.3) is 0 Å². The minimum atomic E-state index is 0.736. The summed E-state index contributed by atoms with van der Waals surface area (Å²) >= 11 is 3.34. The van der Waals surface area contributed by atoms with Gasteiger partial charge in [-0.25, -0.2) is 4.98 Å². The molecule has 2 aromatic heterocycles. The number of nitrogens with zero attached hydrogens (tertiary/aromatic N) is 3. The van der Waals surface area contributed by atoms with E-state index in [2.05, 4.69) is 20.5 Å². The lowest BCUT2D eigenvalue weighted by atomic mass is 9.86. The molecule has 0 amide bonds. The van der Waals surface area contributed by atoms with E-state index in [1.807, 2.05) is 17.5 Å². The van der Waals surface area contributed by atoms with Gasteiger partial charge in [-0.1, -0.05) is 17.8 Å². The van der Waals surface area contributed by atoms with Crippen molar-refractivity contribution in [2.45, 2.75) is 31.7 Å². The van der Waals surface area contributed by atoms with Gasteiger partial charge in [0.2, 0.25) is 5.13 Å². The van der Waals surface area contributed by atoms with Crippen LogP contribution < -0.4 is 5.32 Å². The molecular formula is C10H12N4S2. The Kier molecular flexibility index (Phi) is 2.84. The van der Waals surface area contributed by atoms with Crippen molar-refractivity contribution in [3.8, 4) is 0 Å². The number of hydrogen-bond donors (Lipinski definition) is 1. The second-order valence-electron chi connectivity index (χ2n) is 3.89. The van der Waals surface area contributed by atoms with Gasteiger partial charge in [0.15, 0.2) is 0 Å². The molecule has 0 unspecified atom stereocenters. The van der Waals surface area contributed by atoms with Crippen molar-refractivity contribution >= 4 is 27.8 Å². The molecule has 0 aromatic carbocycles. The Morgan fingerprint density at radius 1 is 1.44 bits per heavy atom. The number of anilines is 1. The van der Waals surface area contributed by atoms with Gasteiger partial charge >= 0.3 is 0 Å². The summed E-state index contributed by atoms with van der Waals surface area (Å²) < 4.78 is 0. The maximum atomic E-state index is 4.48. The van der Waals surface area contributed by atoms with Crippen LogP contribution in [0.15, 0.2) is 11.7 Å². The highest BCUT2D eigenvalue weighted by atomic mass is 32.1. The van der Waals surface area contributed by atoms with Gasteiger partial charge in [0, 0.05) is 17.0 Å². The van der Waals surface area contributed by atoms with Crippen LogP contribution in [0.1, 0.15) is 35.1 Å². The quantitative estimate of drug-likeness (QED) is 0.909. The molecule has 16 heavy (non-hydrogen) atoms. The highest BCUT2D eigenvalue weighted by Gasteiger charge is 2.22. The average Bonchev–Trinajstić information content (AvgIpc) is 2.81. The van der Waals surface area contributed by atoms with Gasteiger partial charge in [0.05, 0.1) is 11.6 Å². The Balaban J connectivity index is 1.60. The van der Waals surface area contributed by atoms with E-state index < -0.39 is 0 Å². The third-order valence-corrected chi connectivity index (χ3v) is 4.61. The van der Waals surface area contributed by atoms with Crippen LogP contribution in [-0.4, -0.2) is 15.2 Å². The molecule has 2 aromatic rings. The monoisotopic (exact) mass is 252 g/mol. The van der Waals surface area contributed by atoms with Gasteiger partial charge in [-0.05, 0) is 12.8 Å². The van der Waals surface area contributed by atoms with E-state index in [1.54, 1.807) is 5.51 Å². The molecule has 1 N–H and O–H groups in total. The number of nitrogens with one attached hydrogen (secondary N) is 1. The zero-order chi connectivity index (χ0) is 10.8. The Labute approximate surface area is 102 Å². The number of hydrogen-bond acceptors (Lipinski definition) is 6. The van der Waals surface area contributed by atoms with Gasteiger partial charge < -0.3 is 5.32 Å². The lowest BCUT2D eigenvalue weighted by molar-refractivity contribution is 0.418. The fraction of sp³-hybridized carbons (Fsp3) is 0.500. The molecule has 1 fully saturated rings. The molecule has 0 saturated heterocycles. The first-order chi connectivity index (χ1) is 7.92. The van der Waals surface area contributed by atoms with Gasteiger partial charge in [-0.15, -0.1) is 21.5 Å². The highest BCUT2D eigenvalue weighted by Crippen LogP contribution is 2.38. The number of aromatic nitrogens is 3. The van der Waals surface area contributed by atoms with Crippen LogP contribution in [0.2, 0.25) is 0 Å². The minimum absolute atomic E-state index is 0.736. The Hall–Kier alpha value is -1.01. The van der Waals surface area contributed by atoms with Crippen molar-refractivity contribution in [3.05, 3.63) is 21.6 Å². The summed E-state index contributed by atoms with van der Waals surface area (Å²) in [5, 5.41) is 13.2. The molecule has 0 aliphatic heterocycles. The summed E-state index contributed by atoms with van der Waals surface area (Å²) in [7, 11) is 0. The zero-order valence-electron chi connectivity index (χ0n) is 8.72. The van der Waals surface area contributed by atoms with Crippen molar-refractivity contribution in [1.29, 1.82) is 0 Å². The van der Waals surface area contributed by atoms with Crippen molar-refractivity contribution < 1.29 is 0 Å². The predicted octanol–water partition coefficient (Wildman–Crippen LogP) is 2.87. The first kappa shape index (κ1) is 10.2. The third-order valence-electron chi connectivity index (χ3n) is 2.80. The fourth-order valence-electron chi connectivity index (χ4n) is 1.66. The maximum absolute atomic E-state index is 4.48. The topological polar surface area (TPSA) is 50.7 Å². The molecule has 1 aliphatic carbocycles. The molecule has 0 bridgehead atoms. The Morgan fingerprint density at radius 2 is 2.38 bits per heavy atom. The standard InChI is InChI=1S/C10H12N4S2/c1-2-7(3-1)9-11-4-8(16-9)5-12-10-14-13-6-15-10/h4,6-7H,1-3,5H2,(H,12,14). The molecule has 3 rings (SSSR count). The lowest BCUT2D eigenvalue weighted by Gasteiger charge is -2.22. The van der Waals surface area contributed by atoms with Crippen LogP contribution >= 0.6 is 22.7 Å². The summed E-state index contributed by atoms with van der Waals surface area (Å²) in [6.45, 7) is 0.805. The van der Waals surface area contributed by atoms with Gasteiger partial charge in [0.1, 0.15) is 5.51 Å². The molecule has 84 valence electrons. The van der Waals surface area contributed by atoms with Crippen LogP contribution in [0.3, 0.4) is 0 Å². The predicted molar refractivity (Wildman–Crippen MR) is 65.9 cm³/mol. The second-order valence-corrected chi connectivity index (χ2v) is 5.87. The molecule has 0 spiro atoms. The van der Waals surface area contributed by atoms with E-state index in [9.17, 15) is 0 Å². The molecule has 4 nitrogen and oxygen atoms in total. The summed E-state index contributed by atoms with van der Waals surface area (Å²) in [6.07, 6.45) is 5.97. The maximum Gasteiger partial charge on any atom is 0.205 e. The third kappa shape index (κ3) is 2.08. The van der Waals surface area contributed by atoms with E-state index >= 15 is 0 Å². The van der Waals surface area contributed by atoms with Crippen LogP contribution in [0.25, 0.3) is 0 Å². The highest BCUT2D eigenvalue weighted by molar-refractivity contribution is 7.13. The average molecular weight is 252 g/mol. The van der Waals surface area contributed by atoms with Crippen molar-refractivity contribution in [2.75, 3.05) is 5.32 Å². The van der Waals surface area contributed by atoms with Crippen LogP contribution in [-0.2, 0) is 6.54 Å². The summed E-state index contributed by atoms with van der Waals surface area (Å²) in [6, 6.07) is 0. The second kappa shape index (κ2) is 4.47. The number of thiazole rings is 1. The van der Waals surface area contributed by atoms with E-state index in [1.165, 1.54) is 40.5 Å². The van der Waals surface area contributed by atoms with Gasteiger partial charge in [-0.3, -0.25) is 0 Å². The Morgan fingerprint density at radius 3 is 3.06 bits per heavy atom. The van der Waals surface area contributed by atoms with Crippen molar-refractivity contribution in [1.82, 2.24) is 15.2 Å². The first-order valence-electron chi connectivity index (χ1n) is 5.36. The largest absolute Gasteiger partial charge is 0.355 e. The molecule has 0 atom stereocenters. The molecular weight excluding hydrogens is 240 g/mol. The van der Waals surface area contributed by atoms with E-state index in [0.29, 0.717) is 0 Å². The Bertz CT molecular complexity index is 447. The minimum Gasteiger partial charge on any atom is -0.355 e. The summed E-state index contributed by atoms with van der Waals surface area (Å²) in [5.74, 6) is 0.736. The van der Waals surface area contributed by atoms with E-state index in [0.717, 1.165) is 17.6 Å².